The normalized spacial score (nSPS) is 17.9. The van der Waals surface area contributed by atoms with E-state index in [0.29, 0.717) is 23.4 Å². The molecule has 0 radical (unpaired) electrons. The van der Waals surface area contributed by atoms with Gasteiger partial charge in [0.15, 0.2) is 5.65 Å². The van der Waals surface area contributed by atoms with Gasteiger partial charge >= 0.3 is 5.97 Å². The van der Waals surface area contributed by atoms with Gasteiger partial charge in [-0.2, -0.15) is 5.10 Å². The Balaban J connectivity index is 1.62. The smallest absolute Gasteiger partial charge is 0.343 e. The Morgan fingerprint density at radius 2 is 2.34 bits per heavy atom. The van der Waals surface area contributed by atoms with Crippen molar-refractivity contribution >= 4 is 33.4 Å². The van der Waals surface area contributed by atoms with Crippen LogP contribution in [0.4, 0.5) is 5.82 Å². The first-order chi connectivity index (χ1) is 15.3. The van der Waals surface area contributed by atoms with E-state index in [4.69, 9.17) is 15.0 Å². The van der Waals surface area contributed by atoms with Crippen molar-refractivity contribution in [3.8, 4) is 5.75 Å². The van der Waals surface area contributed by atoms with Gasteiger partial charge in [0.2, 0.25) is 0 Å². The first-order valence-electron chi connectivity index (χ1n) is 10.1. The molecule has 1 aliphatic heterocycles. The second kappa shape index (κ2) is 8.68. The molecule has 2 aromatic heterocycles. The molecule has 1 aliphatic rings. The first-order valence-corrected chi connectivity index (χ1v) is 10.9. The van der Waals surface area contributed by atoms with Gasteiger partial charge in [-0.25, -0.2) is 14.3 Å². The predicted octanol–water partition coefficient (Wildman–Crippen LogP) is 4.85. The Labute approximate surface area is 192 Å². The summed E-state index contributed by atoms with van der Waals surface area (Å²) in [6, 6.07) is 5.65. The van der Waals surface area contributed by atoms with Crippen LogP contribution in [0.25, 0.3) is 16.1 Å². The molecule has 0 fully saturated rings. The van der Waals surface area contributed by atoms with Crippen molar-refractivity contribution in [2.24, 2.45) is 5.11 Å². The zero-order chi connectivity index (χ0) is 22.9. The summed E-state index contributed by atoms with van der Waals surface area (Å²) >= 11 is 3.58. The molecule has 0 saturated heterocycles. The van der Waals surface area contributed by atoms with Crippen molar-refractivity contribution in [3.63, 3.8) is 0 Å². The number of azide groups is 1. The lowest BCUT2D eigenvalue weighted by atomic mass is 9.97. The Morgan fingerprint density at radius 1 is 1.53 bits per heavy atom. The second-order valence-electron chi connectivity index (χ2n) is 7.83. The minimum Gasteiger partial charge on any atom is -0.486 e. The van der Waals surface area contributed by atoms with E-state index in [9.17, 15) is 4.79 Å². The van der Waals surface area contributed by atoms with Crippen molar-refractivity contribution < 1.29 is 14.3 Å². The number of nitrogens with zero attached hydrogens (tertiary/aromatic N) is 6. The number of benzene rings is 1. The number of hydrogen-bond acceptors (Lipinski definition) is 7. The van der Waals surface area contributed by atoms with Crippen molar-refractivity contribution in [1.29, 1.82) is 0 Å². The molecule has 0 bridgehead atoms. The third-order valence-electron chi connectivity index (χ3n) is 5.24. The van der Waals surface area contributed by atoms with Crippen LogP contribution in [0.3, 0.4) is 0 Å². The Morgan fingerprint density at radius 3 is 3.09 bits per heavy atom. The van der Waals surface area contributed by atoms with E-state index in [1.807, 2.05) is 26.0 Å². The van der Waals surface area contributed by atoms with Crippen molar-refractivity contribution in [1.82, 2.24) is 14.6 Å². The molecule has 10 nitrogen and oxygen atoms in total. The number of carbonyl (C=O) groups is 1. The molecule has 4 rings (SSSR count). The molecule has 11 heteroatoms. The van der Waals surface area contributed by atoms with E-state index in [2.05, 4.69) is 41.4 Å². The van der Waals surface area contributed by atoms with Crippen LogP contribution in [0.5, 0.6) is 5.75 Å². The average Bonchev–Trinajstić information content (AvgIpc) is 3.32. The number of ether oxygens (including phenoxy) is 2. The molecule has 1 unspecified atom stereocenters. The van der Waals surface area contributed by atoms with Crippen LogP contribution >= 0.6 is 15.9 Å². The van der Waals surface area contributed by atoms with Crippen LogP contribution in [0.1, 0.15) is 48.3 Å². The molecule has 0 aliphatic carbocycles. The highest BCUT2D eigenvalue weighted by Crippen LogP contribution is 2.42. The summed E-state index contributed by atoms with van der Waals surface area (Å²) in [4.78, 5) is 19.6. The summed E-state index contributed by atoms with van der Waals surface area (Å²) in [7, 11) is 0. The molecule has 0 spiro atoms. The summed E-state index contributed by atoms with van der Waals surface area (Å²) in [6.45, 7) is 6.21. The van der Waals surface area contributed by atoms with Gasteiger partial charge < -0.3 is 14.8 Å². The largest absolute Gasteiger partial charge is 0.486 e. The van der Waals surface area contributed by atoms with Crippen LogP contribution in [0.15, 0.2) is 40.2 Å². The van der Waals surface area contributed by atoms with Gasteiger partial charge in [-0.3, -0.25) is 0 Å². The summed E-state index contributed by atoms with van der Waals surface area (Å²) in [6.07, 6.45) is 3.83. The van der Waals surface area contributed by atoms with Crippen LogP contribution in [-0.4, -0.2) is 39.3 Å². The molecule has 1 aromatic carbocycles. The molecule has 3 heterocycles. The molecule has 32 heavy (non-hydrogen) atoms. The second-order valence-corrected chi connectivity index (χ2v) is 8.74. The SMILES string of the molecule is CCOC(=O)c1cnn2ccc(N[C@H](C)c3cc(Br)cc4c3OC(C)(CN=[N+]=[N-])C4)nc12. The van der Waals surface area contributed by atoms with Gasteiger partial charge in [-0.1, -0.05) is 21.0 Å². The number of esters is 1. The van der Waals surface area contributed by atoms with E-state index >= 15 is 0 Å². The maximum atomic E-state index is 12.2. The van der Waals surface area contributed by atoms with Gasteiger partial charge in [-0.05, 0) is 50.1 Å². The molecular formula is C21H22BrN7O3. The minimum atomic E-state index is -0.590. The highest BCUT2D eigenvalue weighted by Gasteiger charge is 2.36. The third kappa shape index (κ3) is 4.21. The lowest BCUT2D eigenvalue weighted by Gasteiger charge is -2.23. The molecule has 1 N–H and O–H groups in total. The molecule has 3 aromatic rings. The molecule has 2 atom stereocenters. The quantitative estimate of drug-likeness (QED) is 0.214. The minimum absolute atomic E-state index is 0.160. The third-order valence-corrected chi connectivity index (χ3v) is 5.69. The van der Waals surface area contributed by atoms with Crippen LogP contribution in [0, 0.1) is 0 Å². The predicted molar refractivity (Wildman–Crippen MR) is 122 cm³/mol. The van der Waals surface area contributed by atoms with Gasteiger partial charge in [0.1, 0.15) is 22.7 Å². The first kappa shape index (κ1) is 21.9. The standard InChI is InChI=1S/C21H22BrN7O3/c1-4-31-20(30)16-10-25-29-6-5-17(27-19(16)29)26-12(2)15-8-14(22)7-13-9-21(3,11-24-28-23)32-18(13)15/h5-8,10,12H,4,9,11H2,1-3H3,(H,26,27)/t12-,21?/m1/s1. The summed E-state index contributed by atoms with van der Waals surface area (Å²) in [5.74, 6) is 0.902. The van der Waals surface area contributed by atoms with Crippen LogP contribution in [-0.2, 0) is 11.2 Å². The van der Waals surface area contributed by atoms with Gasteiger partial charge in [0.25, 0.3) is 0 Å². The van der Waals surface area contributed by atoms with E-state index in [1.165, 1.54) is 10.7 Å². The maximum absolute atomic E-state index is 12.2. The fourth-order valence-corrected chi connectivity index (χ4v) is 4.33. The highest BCUT2D eigenvalue weighted by atomic mass is 79.9. The number of rotatable bonds is 7. The lowest BCUT2D eigenvalue weighted by molar-refractivity contribution is 0.0528. The maximum Gasteiger partial charge on any atom is 0.343 e. The Hall–Kier alpha value is -3.30. The van der Waals surface area contributed by atoms with Gasteiger partial charge in [0, 0.05) is 27.6 Å². The number of nitrogens with one attached hydrogen (secondary N) is 1. The fraction of sp³-hybridized carbons (Fsp3) is 0.381. The van der Waals surface area contributed by atoms with Crippen LogP contribution in [0.2, 0.25) is 0 Å². The summed E-state index contributed by atoms with van der Waals surface area (Å²) in [5, 5.41) is 11.2. The number of hydrogen-bond donors (Lipinski definition) is 1. The number of halogens is 1. The van der Waals surface area contributed by atoms with Crippen molar-refractivity contribution in [3.05, 3.63) is 62.2 Å². The van der Waals surface area contributed by atoms with E-state index in [0.717, 1.165) is 21.3 Å². The van der Waals surface area contributed by atoms with Crippen molar-refractivity contribution in [2.45, 2.75) is 38.8 Å². The van der Waals surface area contributed by atoms with Gasteiger partial charge in [0.05, 0.1) is 25.4 Å². The number of aromatic nitrogens is 3. The topological polar surface area (TPSA) is 127 Å². The molecular weight excluding hydrogens is 478 g/mol. The fourth-order valence-electron chi connectivity index (χ4n) is 3.81. The number of fused-ring (bicyclic) bond motifs is 2. The van der Waals surface area contributed by atoms with E-state index < -0.39 is 11.6 Å². The zero-order valence-corrected chi connectivity index (χ0v) is 19.5. The summed E-state index contributed by atoms with van der Waals surface area (Å²) < 4.78 is 13.8. The van der Waals surface area contributed by atoms with Crippen LogP contribution < -0.4 is 10.1 Å². The Kier molecular flexibility index (Phi) is 5.94. The zero-order valence-electron chi connectivity index (χ0n) is 17.9. The summed E-state index contributed by atoms with van der Waals surface area (Å²) in [5.41, 5.74) is 10.8. The highest BCUT2D eigenvalue weighted by molar-refractivity contribution is 9.10. The Bertz CT molecular complexity index is 1240. The molecule has 0 amide bonds. The van der Waals surface area contributed by atoms with Crippen molar-refractivity contribution in [2.75, 3.05) is 18.5 Å². The van der Waals surface area contributed by atoms with E-state index in [1.54, 1.807) is 19.2 Å². The molecule has 0 saturated carbocycles. The monoisotopic (exact) mass is 499 g/mol. The van der Waals surface area contributed by atoms with E-state index in [-0.39, 0.29) is 19.2 Å². The average molecular weight is 500 g/mol. The number of anilines is 1. The van der Waals surface area contributed by atoms with Gasteiger partial charge in [-0.15, -0.1) is 0 Å². The lowest BCUT2D eigenvalue weighted by Crippen LogP contribution is -2.33. The number of carbonyl (C=O) groups excluding carboxylic acids is 1. The molecule has 166 valence electrons.